The highest BCUT2D eigenvalue weighted by molar-refractivity contribution is 4.87. The normalized spacial score (nSPS) is 26.6. The van der Waals surface area contributed by atoms with Crippen LogP contribution in [-0.2, 0) is 0 Å². The van der Waals surface area contributed by atoms with Crippen LogP contribution in [0.2, 0.25) is 0 Å². The van der Waals surface area contributed by atoms with Crippen LogP contribution >= 0.6 is 0 Å². The lowest BCUT2D eigenvalue weighted by Gasteiger charge is -2.21. The predicted octanol–water partition coefficient (Wildman–Crippen LogP) is 1.16. The largest absolute Gasteiger partial charge is 0.376 e. The summed E-state index contributed by atoms with van der Waals surface area (Å²) >= 11 is 0. The van der Waals surface area contributed by atoms with Crippen molar-refractivity contribution < 1.29 is 0 Å². The maximum atomic E-state index is 2.38. The topological polar surface area (TPSA) is 6.48 Å². The molecule has 64 valence electrons. The van der Waals surface area contributed by atoms with Crippen molar-refractivity contribution in [3.8, 4) is 0 Å². The second-order valence-electron chi connectivity index (χ2n) is 3.35. The molecule has 2 heteroatoms. The molecule has 0 aromatic carbocycles. The van der Waals surface area contributed by atoms with Crippen LogP contribution in [0.4, 0.5) is 0 Å². The molecule has 1 saturated heterocycles. The average molecular weight is 154 g/mol. The van der Waals surface area contributed by atoms with Gasteiger partial charge in [-0.15, -0.1) is 0 Å². The SMILES string of the molecule is C/C=C\N(C)[C@@H]1CCN(C)C1. The van der Waals surface area contributed by atoms with Crippen LogP contribution in [0.1, 0.15) is 13.3 Å². The van der Waals surface area contributed by atoms with E-state index in [4.69, 9.17) is 0 Å². The molecule has 0 N–H and O–H groups in total. The van der Waals surface area contributed by atoms with Crippen LogP contribution in [0.3, 0.4) is 0 Å². The van der Waals surface area contributed by atoms with Crippen LogP contribution in [0.25, 0.3) is 0 Å². The Bertz CT molecular complexity index is 142. The minimum atomic E-state index is 0.733. The highest BCUT2D eigenvalue weighted by Crippen LogP contribution is 2.12. The molecule has 11 heavy (non-hydrogen) atoms. The Kier molecular flexibility index (Phi) is 2.94. The first-order valence-electron chi connectivity index (χ1n) is 4.27. The fourth-order valence-corrected chi connectivity index (χ4v) is 1.60. The van der Waals surface area contributed by atoms with E-state index < -0.39 is 0 Å². The van der Waals surface area contributed by atoms with E-state index in [2.05, 4.69) is 43.1 Å². The zero-order chi connectivity index (χ0) is 8.27. The second-order valence-corrected chi connectivity index (χ2v) is 3.35. The molecule has 0 radical (unpaired) electrons. The molecule has 1 heterocycles. The van der Waals surface area contributed by atoms with Crippen molar-refractivity contribution in [2.24, 2.45) is 0 Å². The van der Waals surface area contributed by atoms with Crippen LogP contribution in [-0.4, -0.2) is 43.0 Å². The summed E-state index contributed by atoms with van der Waals surface area (Å²) < 4.78 is 0. The Balaban J connectivity index is 2.36. The third-order valence-electron chi connectivity index (χ3n) is 2.33. The van der Waals surface area contributed by atoms with Crippen molar-refractivity contribution in [1.29, 1.82) is 0 Å². The molecule has 1 atom stereocenters. The number of nitrogens with zero attached hydrogens (tertiary/aromatic N) is 2. The molecule has 1 rings (SSSR count). The molecule has 1 aliphatic heterocycles. The molecule has 1 aliphatic rings. The van der Waals surface area contributed by atoms with Gasteiger partial charge < -0.3 is 9.80 Å². The van der Waals surface area contributed by atoms with Gasteiger partial charge in [0.25, 0.3) is 0 Å². The molecule has 0 amide bonds. The van der Waals surface area contributed by atoms with Gasteiger partial charge in [0.15, 0.2) is 0 Å². The summed E-state index contributed by atoms with van der Waals surface area (Å²) in [6, 6.07) is 0.733. The number of allylic oxidation sites excluding steroid dienone is 1. The zero-order valence-electron chi connectivity index (χ0n) is 7.75. The Hall–Kier alpha value is -0.500. The first-order valence-corrected chi connectivity index (χ1v) is 4.27. The minimum Gasteiger partial charge on any atom is -0.376 e. The summed E-state index contributed by atoms with van der Waals surface area (Å²) in [6.07, 6.45) is 5.56. The van der Waals surface area contributed by atoms with Gasteiger partial charge in [0.1, 0.15) is 0 Å². The lowest BCUT2D eigenvalue weighted by Crippen LogP contribution is -2.29. The van der Waals surface area contributed by atoms with Crippen LogP contribution in [0, 0.1) is 0 Å². The van der Waals surface area contributed by atoms with Crippen LogP contribution in [0.5, 0.6) is 0 Å². The maximum absolute atomic E-state index is 2.38. The van der Waals surface area contributed by atoms with Gasteiger partial charge in [0.05, 0.1) is 0 Å². The van der Waals surface area contributed by atoms with Crippen LogP contribution in [0.15, 0.2) is 12.3 Å². The standard InChI is InChI=1S/C9H18N2/c1-4-6-11(3)9-5-7-10(2)8-9/h4,6,9H,5,7-8H2,1-3H3/b6-4-/t9-/m1/s1. The Labute approximate surface area is 69.5 Å². The molecular weight excluding hydrogens is 136 g/mol. The van der Waals surface area contributed by atoms with E-state index in [1.54, 1.807) is 0 Å². The van der Waals surface area contributed by atoms with Crippen LogP contribution < -0.4 is 0 Å². The molecule has 0 aliphatic carbocycles. The van der Waals surface area contributed by atoms with Crippen molar-refractivity contribution in [2.75, 3.05) is 27.2 Å². The molecule has 0 aromatic rings. The van der Waals surface area contributed by atoms with E-state index in [9.17, 15) is 0 Å². The molecule has 2 nitrogen and oxygen atoms in total. The summed E-state index contributed by atoms with van der Waals surface area (Å²) in [6.45, 7) is 4.52. The van der Waals surface area contributed by atoms with Crippen molar-refractivity contribution in [3.63, 3.8) is 0 Å². The lowest BCUT2D eigenvalue weighted by molar-refractivity contribution is 0.317. The van der Waals surface area contributed by atoms with Crippen molar-refractivity contribution in [2.45, 2.75) is 19.4 Å². The Morgan fingerprint density at radius 1 is 1.55 bits per heavy atom. The molecule has 0 aromatic heterocycles. The summed E-state index contributed by atoms with van der Waals surface area (Å²) in [5, 5.41) is 0. The monoisotopic (exact) mass is 154 g/mol. The Morgan fingerprint density at radius 3 is 2.73 bits per heavy atom. The summed E-state index contributed by atoms with van der Waals surface area (Å²) in [5.41, 5.74) is 0. The number of rotatable bonds is 2. The summed E-state index contributed by atoms with van der Waals surface area (Å²) in [4.78, 5) is 4.69. The first kappa shape index (κ1) is 8.60. The molecular formula is C9H18N2. The lowest BCUT2D eigenvalue weighted by atomic mass is 10.2. The van der Waals surface area contributed by atoms with Gasteiger partial charge in [-0.2, -0.15) is 0 Å². The summed E-state index contributed by atoms with van der Waals surface area (Å²) in [7, 11) is 4.34. The second kappa shape index (κ2) is 3.77. The van der Waals surface area contributed by atoms with E-state index in [0.29, 0.717) is 0 Å². The zero-order valence-corrected chi connectivity index (χ0v) is 7.75. The van der Waals surface area contributed by atoms with Gasteiger partial charge in [-0.25, -0.2) is 0 Å². The fourth-order valence-electron chi connectivity index (χ4n) is 1.60. The van der Waals surface area contributed by atoms with Gasteiger partial charge in [0.2, 0.25) is 0 Å². The van der Waals surface area contributed by atoms with E-state index >= 15 is 0 Å². The predicted molar refractivity (Wildman–Crippen MR) is 48.5 cm³/mol. The Morgan fingerprint density at radius 2 is 2.27 bits per heavy atom. The van der Waals surface area contributed by atoms with Gasteiger partial charge in [0, 0.05) is 19.6 Å². The third-order valence-corrected chi connectivity index (χ3v) is 2.33. The van der Waals surface area contributed by atoms with Gasteiger partial charge in [-0.05, 0) is 33.1 Å². The van der Waals surface area contributed by atoms with Gasteiger partial charge in [-0.1, -0.05) is 6.08 Å². The molecule has 0 bridgehead atoms. The number of likely N-dealkylation sites (N-methyl/N-ethyl adjacent to an activating group) is 2. The third kappa shape index (κ3) is 2.22. The van der Waals surface area contributed by atoms with Crippen molar-refractivity contribution >= 4 is 0 Å². The van der Waals surface area contributed by atoms with E-state index in [-0.39, 0.29) is 0 Å². The molecule has 0 spiro atoms. The fraction of sp³-hybridized carbons (Fsp3) is 0.778. The highest BCUT2D eigenvalue weighted by atomic mass is 15.2. The van der Waals surface area contributed by atoms with Gasteiger partial charge >= 0.3 is 0 Å². The number of likely N-dealkylation sites (tertiary alicyclic amines) is 1. The van der Waals surface area contributed by atoms with Crippen molar-refractivity contribution in [1.82, 2.24) is 9.80 Å². The molecule has 0 saturated carbocycles. The molecule has 1 fully saturated rings. The smallest absolute Gasteiger partial charge is 0.0420 e. The quantitative estimate of drug-likeness (QED) is 0.589. The molecule has 0 unspecified atom stereocenters. The maximum Gasteiger partial charge on any atom is 0.0420 e. The van der Waals surface area contributed by atoms with Gasteiger partial charge in [-0.3, -0.25) is 0 Å². The van der Waals surface area contributed by atoms with E-state index in [1.165, 1.54) is 19.5 Å². The van der Waals surface area contributed by atoms with E-state index in [0.717, 1.165) is 6.04 Å². The number of hydrogen-bond donors (Lipinski definition) is 0. The van der Waals surface area contributed by atoms with Crippen molar-refractivity contribution in [3.05, 3.63) is 12.3 Å². The summed E-state index contributed by atoms with van der Waals surface area (Å²) in [5.74, 6) is 0. The highest BCUT2D eigenvalue weighted by Gasteiger charge is 2.20. The first-order chi connectivity index (χ1) is 5.24. The van der Waals surface area contributed by atoms with E-state index in [1.807, 2.05) is 0 Å². The minimum absolute atomic E-state index is 0.733. The number of hydrogen-bond acceptors (Lipinski definition) is 2. The average Bonchev–Trinajstić information content (AvgIpc) is 2.36.